The van der Waals surface area contributed by atoms with Gasteiger partial charge in [-0.05, 0) is 69.2 Å². The van der Waals surface area contributed by atoms with Gasteiger partial charge in [0.1, 0.15) is 18.3 Å². The second-order valence-electron chi connectivity index (χ2n) is 9.69. The zero-order chi connectivity index (χ0) is 30.0. The van der Waals surface area contributed by atoms with Crippen molar-refractivity contribution < 1.29 is 22.7 Å². The Morgan fingerprint density at radius 3 is 2.27 bits per heavy atom. The summed E-state index contributed by atoms with van der Waals surface area (Å²) in [6.45, 7) is 7.81. The minimum absolute atomic E-state index is 0.0311. The molecule has 3 aromatic rings. The van der Waals surface area contributed by atoms with Crippen LogP contribution in [0.3, 0.4) is 0 Å². The molecule has 0 heterocycles. The second-order valence-corrected chi connectivity index (χ2v) is 12.0. The summed E-state index contributed by atoms with van der Waals surface area (Å²) >= 11 is 6.02. The summed E-state index contributed by atoms with van der Waals surface area (Å²) in [4.78, 5) is 28.5. The molecule has 0 bridgehead atoms. The van der Waals surface area contributed by atoms with Crippen molar-refractivity contribution in [2.45, 2.75) is 58.0 Å². The van der Waals surface area contributed by atoms with E-state index in [4.69, 9.17) is 16.3 Å². The number of carbonyl (C=O) groups is 2. The summed E-state index contributed by atoms with van der Waals surface area (Å²) in [5, 5.41) is 3.27. The molecule has 3 aromatic carbocycles. The lowest BCUT2D eigenvalue weighted by Crippen LogP contribution is -2.51. The Morgan fingerprint density at radius 1 is 0.976 bits per heavy atom. The van der Waals surface area contributed by atoms with Crippen LogP contribution in [0.15, 0.2) is 77.7 Å². The third-order valence-electron chi connectivity index (χ3n) is 6.58. The van der Waals surface area contributed by atoms with E-state index in [2.05, 4.69) is 5.32 Å². The zero-order valence-electron chi connectivity index (χ0n) is 24.0. The molecule has 41 heavy (non-hydrogen) atoms. The Bertz CT molecular complexity index is 1410. The summed E-state index contributed by atoms with van der Waals surface area (Å²) in [7, 11) is -4.24. The second kappa shape index (κ2) is 14.9. The number of benzene rings is 3. The van der Waals surface area contributed by atoms with Crippen LogP contribution in [-0.4, -0.2) is 50.9 Å². The number of carbonyl (C=O) groups excluding carboxylic acids is 2. The molecule has 0 unspecified atom stereocenters. The highest BCUT2D eigenvalue weighted by atomic mass is 35.5. The fourth-order valence-corrected chi connectivity index (χ4v) is 5.75. The smallest absolute Gasteiger partial charge is 0.264 e. The summed E-state index contributed by atoms with van der Waals surface area (Å²) in [6.07, 6.45) is 1.73. The molecular formula is C31H38ClN3O5S. The first-order valence-electron chi connectivity index (χ1n) is 13.7. The lowest BCUT2D eigenvalue weighted by Gasteiger charge is -2.32. The number of hydrogen-bond donors (Lipinski definition) is 1. The number of nitrogens with zero attached hydrogens (tertiary/aromatic N) is 2. The van der Waals surface area contributed by atoms with E-state index < -0.39 is 28.5 Å². The molecule has 0 aromatic heterocycles. The van der Waals surface area contributed by atoms with Gasteiger partial charge in [0.15, 0.2) is 0 Å². The number of aryl methyl sites for hydroxylation is 1. The highest BCUT2D eigenvalue weighted by Gasteiger charge is 2.33. The Hall–Kier alpha value is -3.56. The highest BCUT2D eigenvalue weighted by Crippen LogP contribution is 2.33. The van der Waals surface area contributed by atoms with Gasteiger partial charge in [0.2, 0.25) is 11.8 Å². The van der Waals surface area contributed by atoms with E-state index in [0.29, 0.717) is 23.9 Å². The molecule has 3 rings (SSSR count). The van der Waals surface area contributed by atoms with E-state index in [1.165, 1.54) is 29.2 Å². The summed E-state index contributed by atoms with van der Waals surface area (Å²) in [5.41, 5.74) is 2.09. The predicted molar refractivity (Wildman–Crippen MR) is 163 cm³/mol. The summed E-state index contributed by atoms with van der Waals surface area (Å²) < 4.78 is 34.8. The van der Waals surface area contributed by atoms with Crippen molar-refractivity contribution in [1.29, 1.82) is 0 Å². The van der Waals surface area contributed by atoms with Crippen molar-refractivity contribution in [1.82, 2.24) is 10.2 Å². The molecule has 220 valence electrons. The van der Waals surface area contributed by atoms with Gasteiger partial charge in [-0.2, -0.15) is 0 Å². The average Bonchev–Trinajstić information content (AvgIpc) is 2.96. The van der Waals surface area contributed by atoms with Crippen molar-refractivity contribution in [2.24, 2.45) is 0 Å². The number of amides is 2. The summed E-state index contributed by atoms with van der Waals surface area (Å²) in [5.74, 6) is -0.524. The van der Waals surface area contributed by atoms with E-state index in [0.717, 1.165) is 28.3 Å². The number of ether oxygens (including phenoxy) is 1. The van der Waals surface area contributed by atoms with Gasteiger partial charge in [-0.15, -0.1) is 0 Å². The first-order chi connectivity index (χ1) is 19.6. The minimum Gasteiger partial charge on any atom is -0.492 e. The van der Waals surface area contributed by atoms with Crippen LogP contribution >= 0.6 is 11.6 Å². The molecule has 2 amide bonds. The van der Waals surface area contributed by atoms with Crippen LogP contribution in [0.1, 0.15) is 44.7 Å². The van der Waals surface area contributed by atoms with E-state index in [1.54, 1.807) is 38.1 Å². The molecule has 0 spiro atoms. The van der Waals surface area contributed by atoms with Gasteiger partial charge < -0.3 is 15.0 Å². The molecule has 0 saturated heterocycles. The third kappa shape index (κ3) is 8.47. The van der Waals surface area contributed by atoms with Crippen LogP contribution < -0.4 is 14.4 Å². The maximum absolute atomic E-state index is 14.1. The molecule has 0 fully saturated rings. The van der Waals surface area contributed by atoms with Gasteiger partial charge in [0.25, 0.3) is 10.0 Å². The van der Waals surface area contributed by atoms with Gasteiger partial charge in [-0.1, -0.05) is 66.9 Å². The number of rotatable bonds is 14. The van der Waals surface area contributed by atoms with E-state index in [-0.39, 0.29) is 23.0 Å². The number of unbranched alkanes of at least 4 members (excludes halogenated alkanes) is 1. The normalized spacial score (nSPS) is 11.9. The third-order valence-corrected chi connectivity index (χ3v) is 8.61. The fraction of sp³-hybridized carbons (Fsp3) is 0.355. The van der Waals surface area contributed by atoms with Gasteiger partial charge in [-0.25, -0.2) is 8.42 Å². The van der Waals surface area contributed by atoms with Gasteiger partial charge in [0, 0.05) is 18.1 Å². The molecule has 1 atom stereocenters. The van der Waals surface area contributed by atoms with E-state index >= 15 is 0 Å². The van der Waals surface area contributed by atoms with E-state index in [1.807, 2.05) is 38.1 Å². The zero-order valence-corrected chi connectivity index (χ0v) is 25.5. The minimum atomic E-state index is -4.24. The lowest BCUT2D eigenvalue weighted by atomic mass is 10.1. The molecule has 0 radical (unpaired) electrons. The maximum Gasteiger partial charge on any atom is 0.264 e. The van der Waals surface area contributed by atoms with Crippen LogP contribution in [-0.2, 0) is 26.2 Å². The van der Waals surface area contributed by atoms with Crippen molar-refractivity contribution in [3.63, 3.8) is 0 Å². The van der Waals surface area contributed by atoms with E-state index in [9.17, 15) is 18.0 Å². The molecule has 0 aliphatic heterocycles. The molecule has 8 nitrogen and oxygen atoms in total. The maximum atomic E-state index is 14.1. The number of anilines is 1. The molecule has 0 saturated carbocycles. The number of halogens is 1. The predicted octanol–water partition coefficient (Wildman–Crippen LogP) is 5.58. The lowest BCUT2D eigenvalue weighted by molar-refractivity contribution is -0.139. The Labute approximate surface area is 248 Å². The van der Waals surface area contributed by atoms with Gasteiger partial charge in [0.05, 0.1) is 17.2 Å². The van der Waals surface area contributed by atoms with Crippen LogP contribution in [0.2, 0.25) is 5.02 Å². The first-order valence-corrected chi connectivity index (χ1v) is 15.5. The monoisotopic (exact) mass is 599 g/mol. The van der Waals surface area contributed by atoms with Crippen LogP contribution in [0.4, 0.5) is 5.69 Å². The van der Waals surface area contributed by atoms with Crippen LogP contribution in [0.25, 0.3) is 0 Å². The van der Waals surface area contributed by atoms with Crippen molar-refractivity contribution in [2.75, 3.05) is 24.0 Å². The molecule has 1 N–H and O–H groups in total. The largest absolute Gasteiger partial charge is 0.492 e. The van der Waals surface area contributed by atoms with Crippen LogP contribution in [0.5, 0.6) is 5.75 Å². The highest BCUT2D eigenvalue weighted by molar-refractivity contribution is 7.92. The standard InChI is InChI=1S/C31H38ClN3O5S/c1-5-7-20-33-31(37)24(4)34(21-25-14-12-23(3)13-15-25)30(36)22-35(28-10-8-9-11-29(28)40-6-2)41(38,39)27-18-16-26(32)17-19-27/h8-19,24H,5-7,20-22H2,1-4H3,(H,33,37)/t24-/m0/s1. The number of para-hydroxylation sites is 2. The van der Waals surface area contributed by atoms with Gasteiger partial charge in [-0.3, -0.25) is 13.9 Å². The quantitative estimate of drug-likeness (QED) is 0.244. The average molecular weight is 600 g/mol. The topological polar surface area (TPSA) is 96.0 Å². The Morgan fingerprint density at radius 2 is 1.63 bits per heavy atom. The van der Waals surface area contributed by atoms with Crippen molar-refractivity contribution in [3.05, 3.63) is 88.9 Å². The summed E-state index contributed by atoms with van der Waals surface area (Å²) in [6, 6.07) is 19.2. The SMILES string of the molecule is CCCCNC(=O)[C@H](C)N(Cc1ccc(C)cc1)C(=O)CN(c1ccccc1OCC)S(=O)(=O)c1ccc(Cl)cc1. The van der Waals surface area contributed by atoms with Crippen molar-refractivity contribution >= 4 is 39.1 Å². The Balaban J connectivity index is 2.04. The van der Waals surface area contributed by atoms with Crippen LogP contribution in [0, 0.1) is 6.92 Å². The number of sulfonamides is 1. The molecule has 10 heteroatoms. The number of nitrogens with one attached hydrogen (secondary N) is 1. The fourth-order valence-electron chi connectivity index (χ4n) is 4.20. The molecule has 0 aliphatic rings. The Kier molecular flexibility index (Phi) is 11.6. The van der Waals surface area contributed by atoms with Gasteiger partial charge >= 0.3 is 0 Å². The van der Waals surface area contributed by atoms with Crippen molar-refractivity contribution in [3.8, 4) is 5.75 Å². The molecular weight excluding hydrogens is 562 g/mol. The number of hydrogen-bond acceptors (Lipinski definition) is 5. The molecule has 0 aliphatic carbocycles. The first kappa shape index (κ1) is 32.0.